The molecule has 0 spiro atoms. The van der Waals surface area contributed by atoms with Crippen LogP contribution in [0.4, 0.5) is 10.5 Å². The molecule has 8 nitrogen and oxygen atoms in total. The zero-order valence-corrected chi connectivity index (χ0v) is 17.5. The number of ether oxygens (including phenoxy) is 1. The predicted octanol–water partition coefficient (Wildman–Crippen LogP) is 2.44. The molecule has 1 aliphatic heterocycles. The van der Waals surface area contributed by atoms with Crippen molar-refractivity contribution < 1.29 is 23.9 Å². The van der Waals surface area contributed by atoms with E-state index in [1.165, 1.54) is 6.92 Å². The van der Waals surface area contributed by atoms with Gasteiger partial charge in [-0.2, -0.15) is 0 Å². The lowest BCUT2D eigenvalue weighted by atomic mass is 9.96. The zero-order chi connectivity index (χ0) is 21.7. The van der Waals surface area contributed by atoms with Crippen LogP contribution in [0.5, 0.6) is 0 Å². The van der Waals surface area contributed by atoms with Crippen LogP contribution in [0.15, 0.2) is 24.3 Å². The minimum atomic E-state index is -1.13. The van der Waals surface area contributed by atoms with Crippen LogP contribution in [0.3, 0.4) is 0 Å². The molecule has 2 N–H and O–H groups in total. The quantitative estimate of drug-likeness (QED) is 0.719. The Labute approximate surface area is 176 Å². The number of amides is 4. The fourth-order valence-electron chi connectivity index (χ4n) is 3.85. The zero-order valence-electron chi connectivity index (χ0n) is 17.5. The van der Waals surface area contributed by atoms with Gasteiger partial charge in [0.2, 0.25) is 5.91 Å². The van der Waals surface area contributed by atoms with Crippen molar-refractivity contribution in [3.05, 3.63) is 29.8 Å². The second-order valence-corrected chi connectivity index (χ2v) is 8.12. The number of imide groups is 1. The second kappa shape index (κ2) is 9.73. The number of hydrogen-bond acceptors (Lipinski definition) is 5. The number of carbonyl (C=O) groups is 4. The first kappa shape index (κ1) is 21.8. The highest BCUT2D eigenvalue weighted by Gasteiger charge is 2.37. The van der Waals surface area contributed by atoms with Gasteiger partial charge in [-0.3, -0.25) is 19.7 Å². The van der Waals surface area contributed by atoms with Crippen LogP contribution in [0.25, 0.3) is 0 Å². The maximum absolute atomic E-state index is 12.5. The van der Waals surface area contributed by atoms with Gasteiger partial charge < -0.3 is 15.0 Å². The van der Waals surface area contributed by atoms with Gasteiger partial charge >= 0.3 is 12.0 Å². The highest BCUT2D eigenvalue weighted by Crippen LogP contribution is 2.26. The maximum atomic E-state index is 12.5. The molecular weight excluding hydrogens is 386 g/mol. The third-order valence-electron chi connectivity index (χ3n) is 5.64. The average Bonchev–Trinajstić information content (AvgIpc) is 3.11. The van der Waals surface area contributed by atoms with Gasteiger partial charge in [0.1, 0.15) is 0 Å². The number of nitrogens with one attached hydrogen (secondary N) is 2. The minimum absolute atomic E-state index is 0.0310. The van der Waals surface area contributed by atoms with E-state index in [4.69, 9.17) is 4.74 Å². The molecule has 1 saturated carbocycles. The first-order chi connectivity index (χ1) is 14.3. The van der Waals surface area contributed by atoms with Crippen LogP contribution in [0.2, 0.25) is 0 Å². The Bertz CT molecular complexity index is 801. The van der Waals surface area contributed by atoms with Crippen molar-refractivity contribution in [2.75, 3.05) is 11.4 Å². The van der Waals surface area contributed by atoms with Crippen LogP contribution in [0.1, 0.15) is 51.0 Å². The number of benzene rings is 1. The van der Waals surface area contributed by atoms with E-state index in [1.54, 1.807) is 4.90 Å². The van der Waals surface area contributed by atoms with E-state index < -0.39 is 29.9 Å². The van der Waals surface area contributed by atoms with Crippen LogP contribution in [0, 0.1) is 12.8 Å². The summed E-state index contributed by atoms with van der Waals surface area (Å²) < 4.78 is 5.23. The Hall–Kier alpha value is -2.90. The van der Waals surface area contributed by atoms with Crippen molar-refractivity contribution in [1.29, 1.82) is 0 Å². The van der Waals surface area contributed by atoms with E-state index >= 15 is 0 Å². The first-order valence-corrected chi connectivity index (χ1v) is 10.5. The van der Waals surface area contributed by atoms with Crippen LogP contribution in [-0.2, 0) is 19.1 Å². The Morgan fingerprint density at radius 3 is 2.43 bits per heavy atom. The highest BCUT2D eigenvalue weighted by atomic mass is 16.5. The summed E-state index contributed by atoms with van der Waals surface area (Å²) in [7, 11) is 0. The second-order valence-electron chi connectivity index (χ2n) is 8.12. The molecule has 4 amide bonds. The van der Waals surface area contributed by atoms with Gasteiger partial charge in [0.15, 0.2) is 6.10 Å². The summed E-state index contributed by atoms with van der Waals surface area (Å²) in [6.07, 6.45) is 4.00. The number of carbonyl (C=O) groups excluding carboxylic acids is 4. The monoisotopic (exact) mass is 415 g/mol. The van der Waals surface area contributed by atoms with Crippen molar-refractivity contribution in [1.82, 2.24) is 10.6 Å². The summed E-state index contributed by atoms with van der Waals surface area (Å²) in [6, 6.07) is 6.97. The fraction of sp³-hybridized carbons (Fsp3) is 0.545. The van der Waals surface area contributed by atoms with Crippen molar-refractivity contribution in [3.63, 3.8) is 0 Å². The van der Waals surface area contributed by atoms with E-state index in [0.717, 1.165) is 43.4 Å². The number of nitrogens with zero attached hydrogens (tertiary/aromatic N) is 1. The fourth-order valence-corrected chi connectivity index (χ4v) is 3.85. The van der Waals surface area contributed by atoms with E-state index in [1.807, 2.05) is 31.2 Å². The van der Waals surface area contributed by atoms with E-state index in [2.05, 4.69) is 10.6 Å². The lowest BCUT2D eigenvalue weighted by molar-refractivity contribution is -0.158. The van der Waals surface area contributed by atoms with Crippen molar-refractivity contribution in [2.24, 2.45) is 5.92 Å². The highest BCUT2D eigenvalue weighted by molar-refractivity contribution is 6.00. The molecule has 2 atom stereocenters. The molecule has 3 rings (SSSR count). The van der Waals surface area contributed by atoms with Gasteiger partial charge in [-0.05, 0) is 38.8 Å². The minimum Gasteiger partial charge on any atom is -0.452 e. The van der Waals surface area contributed by atoms with Gasteiger partial charge in [0.05, 0.1) is 5.92 Å². The standard InChI is InChI=1S/C22H29N3O5/c1-14-8-10-18(11-9-14)25-13-16(12-19(25)26)21(28)30-15(2)20(27)24-22(29)23-17-6-4-3-5-7-17/h8-11,15-17H,3-7,12-13H2,1-2H3,(H2,23,24,27,29)/t15-,16+/m0/s1. The SMILES string of the molecule is Cc1ccc(N2C[C@H](C(=O)O[C@@H](C)C(=O)NC(=O)NC3CCCCC3)CC2=O)cc1. The molecular formula is C22H29N3O5. The van der Waals surface area contributed by atoms with E-state index in [9.17, 15) is 19.2 Å². The molecule has 0 bridgehead atoms. The van der Waals surface area contributed by atoms with Gasteiger partial charge in [-0.15, -0.1) is 0 Å². The van der Waals surface area contributed by atoms with Gasteiger partial charge in [0.25, 0.3) is 5.91 Å². The number of hydrogen-bond donors (Lipinski definition) is 2. The van der Waals surface area contributed by atoms with Crippen molar-refractivity contribution in [2.45, 2.75) is 64.5 Å². The average molecular weight is 415 g/mol. The number of esters is 1. The van der Waals surface area contributed by atoms with Crippen LogP contribution >= 0.6 is 0 Å². The van der Waals surface area contributed by atoms with Crippen LogP contribution in [-0.4, -0.2) is 42.5 Å². The van der Waals surface area contributed by atoms with E-state index in [0.29, 0.717) is 0 Å². The predicted molar refractivity (Wildman–Crippen MR) is 111 cm³/mol. The molecule has 8 heteroatoms. The molecule has 0 aromatic heterocycles. The number of rotatable bonds is 5. The molecule has 2 fully saturated rings. The van der Waals surface area contributed by atoms with Gasteiger partial charge in [-0.25, -0.2) is 4.79 Å². The van der Waals surface area contributed by atoms with Gasteiger partial charge in [-0.1, -0.05) is 37.0 Å². The maximum Gasteiger partial charge on any atom is 0.321 e. The molecule has 2 aliphatic rings. The molecule has 0 unspecified atom stereocenters. The summed E-state index contributed by atoms with van der Waals surface area (Å²) in [4.78, 5) is 50.5. The Morgan fingerprint density at radius 2 is 1.77 bits per heavy atom. The molecule has 30 heavy (non-hydrogen) atoms. The lowest BCUT2D eigenvalue weighted by Crippen LogP contribution is -2.48. The first-order valence-electron chi connectivity index (χ1n) is 10.5. The number of aryl methyl sites for hydroxylation is 1. The smallest absolute Gasteiger partial charge is 0.321 e. The summed E-state index contributed by atoms with van der Waals surface area (Å²) in [5, 5.41) is 5.01. The Balaban J connectivity index is 1.47. The summed E-state index contributed by atoms with van der Waals surface area (Å²) in [6.45, 7) is 3.57. The molecule has 0 radical (unpaired) electrons. The Morgan fingerprint density at radius 1 is 1.10 bits per heavy atom. The molecule has 1 saturated heterocycles. The molecule has 162 valence electrons. The Kier molecular flexibility index (Phi) is 7.07. The normalized spacial score (nSPS) is 20.5. The number of anilines is 1. The third kappa shape index (κ3) is 5.58. The number of urea groups is 1. The third-order valence-corrected chi connectivity index (χ3v) is 5.64. The summed E-state index contributed by atoms with van der Waals surface area (Å²) in [5.41, 5.74) is 1.81. The lowest BCUT2D eigenvalue weighted by Gasteiger charge is -2.23. The molecule has 1 aliphatic carbocycles. The summed E-state index contributed by atoms with van der Waals surface area (Å²) >= 11 is 0. The molecule has 1 aromatic rings. The van der Waals surface area contributed by atoms with Crippen LogP contribution < -0.4 is 15.5 Å². The van der Waals surface area contributed by atoms with E-state index in [-0.39, 0.29) is 24.9 Å². The summed E-state index contributed by atoms with van der Waals surface area (Å²) in [5.74, 6) is -2.11. The van der Waals surface area contributed by atoms with Gasteiger partial charge in [0, 0.05) is 24.7 Å². The molecule has 1 heterocycles. The molecule has 1 aromatic carbocycles. The largest absolute Gasteiger partial charge is 0.452 e. The topological polar surface area (TPSA) is 105 Å². The van der Waals surface area contributed by atoms with Crippen molar-refractivity contribution >= 4 is 29.5 Å². The van der Waals surface area contributed by atoms with Crippen molar-refractivity contribution in [3.8, 4) is 0 Å².